The molecule has 0 saturated heterocycles. The average molecular weight is 292 g/mol. The SMILES string of the molecule is O=P([O-])(Oc1ccccc1)c1ccccc1.[Ni+2]. The zero-order chi connectivity index (χ0) is 11.4. The van der Waals surface area contributed by atoms with Crippen molar-refractivity contribution in [1.29, 1.82) is 0 Å². The molecule has 2 aromatic rings. The van der Waals surface area contributed by atoms with E-state index < -0.39 is 7.60 Å². The minimum atomic E-state index is -4.02. The van der Waals surface area contributed by atoms with Gasteiger partial charge in [-0.3, -0.25) is 4.57 Å². The molecule has 0 amide bonds. The Balaban J connectivity index is 0.00000144. The largest absolute Gasteiger partial charge is 2.00 e. The second-order valence-electron chi connectivity index (χ2n) is 3.24. The fourth-order valence-electron chi connectivity index (χ4n) is 1.28. The molecule has 0 bridgehead atoms. The Kier molecular flexibility index (Phi) is 4.95. The molecular weight excluding hydrogens is 282 g/mol. The van der Waals surface area contributed by atoms with Crippen molar-refractivity contribution in [2.75, 3.05) is 0 Å². The molecule has 1 atom stereocenters. The predicted octanol–water partition coefficient (Wildman–Crippen LogP) is 1.94. The van der Waals surface area contributed by atoms with Gasteiger partial charge in [-0.2, -0.15) is 0 Å². The summed E-state index contributed by atoms with van der Waals surface area (Å²) in [6.45, 7) is 0. The molecule has 2 rings (SSSR count). The predicted molar refractivity (Wildman–Crippen MR) is 60.8 cm³/mol. The van der Waals surface area contributed by atoms with Gasteiger partial charge in [0.05, 0.1) is 0 Å². The minimum Gasteiger partial charge on any atom is -0.765 e. The number of rotatable bonds is 3. The molecule has 5 heteroatoms. The quantitative estimate of drug-likeness (QED) is 0.641. The van der Waals surface area contributed by atoms with E-state index in [0.29, 0.717) is 5.75 Å². The maximum atomic E-state index is 11.8. The van der Waals surface area contributed by atoms with Gasteiger partial charge in [0, 0.05) is 5.30 Å². The fourth-order valence-corrected chi connectivity index (χ4v) is 2.33. The first-order valence-corrected chi connectivity index (χ1v) is 6.34. The summed E-state index contributed by atoms with van der Waals surface area (Å²) < 4.78 is 16.8. The van der Waals surface area contributed by atoms with Gasteiger partial charge in [0.1, 0.15) is 5.75 Å². The molecule has 0 aliphatic heterocycles. The van der Waals surface area contributed by atoms with Crippen LogP contribution in [0.4, 0.5) is 0 Å². The molecule has 1 unspecified atom stereocenters. The number of para-hydroxylation sites is 1. The third kappa shape index (κ3) is 3.71. The first-order valence-electron chi connectivity index (χ1n) is 4.80. The van der Waals surface area contributed by atoms with E-state index in [-0.39, 0.29) is 21.8 Å². The Hall–Kier alpha value is -1.08. The van der Waals surface area contributed by atoms with Gasteiger partial charge in [0.25, 0.3) is 0 Å². The Labute approximate surface area is 110 Å². The van der Waals surface area contributed by atoms with E-state index in [1.807, 2.05) is 0 Å². The zero-order valence-electron chi connectivity index (χ0n) is 8.76. The van der Waals surface area contributed by atoms with Gasteiger partial charge in [0.15, 0.2) is 0 Å². The molecule has 0 aliphatic rings. The summed E-state index contributed by atoms with van der Waals surface area (Å²) in [6, 6.07) is 16.6. The van der Waals surface area contributed by atoms with Crippen LogP contribution in [0.3, 0.4) is 0 Å². The summed E-state index contributed by atoms with van der Waals surface area (Å²) in [5, 5.41) is 0.179. The van der Waals surface area contributed by atoms with Crippen molar-refractivity contribution in [1.82, 2.24) is 0 Å². The number of benzene rings is 2. The summed E-state index contributed by atoms with van der Waals surface area (Å²) in [4.78, 5) is 11.8. The van der Waals surface area contributed by atoms with Crippen molar-refractivity contribution in [2.24, 2.45) is 0 Å². The van der Waals surface area contributed by atoms with Crippen LogP contribution in [0.1, 0.15) is 0 Å². The molecule has 0 fully saturated rings. The minimum absolute atomic E-state index is 0. The molecular formula is C12H10NiO3P+. The molecule has 90 valence electrons. The molecule has 0 heterocycles. The van der Waals surface area contributed by atoms with Gasteiger partial charge in [-0.05, 0) is 24.3 Å². The Bertz CT molecular complexity index is 502. The van der Waals surface area contributed by atoms with Crippen molar-refractivity contribution in [2.45, 2.75) is 0 Å². The van der Waals surface area contributed by atoms with Crippen LogP contribution in [0, 0.1) is 0 Å². The second kappa shape index (κ2) is 6.02. The van der Waals surface area contributed by atoms with E-state index >= 15 is 0 Å². The van der Waals surface area contributed by atoms with Crippen molar-refractivity contribution < 1.29 is 30.5 Å². The van der Waals surface area contributed by atoms with Gasteiger partial charge in [0.2, 0.25) is 7.60 Å². The second-order valence-corrected chi connectivity index (χ2v) is 4.93. The molecule has 0 aliphatic carbocycles. The van der Waals surface area contributed by atoms with E-state index in [0.717, 1.165) is 0 Å². The molecule has 2 aromatic carbocycles. The van der Waals surface area contributed by atoms with Gasteiger partial charge in [-0.15, -0.1) is 0 Å². The molecule has 0 spiro atoms. The zero-order valence-corrected chi connectivity index (χ0v) is 10.6. The van der Waals surface area contributed by atoms with Crippen LogP contribution in [-0.4, -0.2) is 0 Å². The Morgan fingerprint density at radius 3 is 1.88 bits per heavy atom. The topological polar surface area (TPSA) is 49.4 Å². The van der Waals surface area contributed by atoms with Gasteiger partial charge in [-0.1, -0.05) is 36.4 Å². The molecule has 0 aromatic heterocycles. The first kappa shape index (κ1) is 14.0. The molecule has 17 heavy (non-hydrogen) atoms. The smallest absolute Gasteiger partial charge is 0.765 e. The van der Waals surface area contributed by atoms with Gasteiger partial charge in [-0.25, -0.2) is 0 Å². The molecule has 3 nitrogen and oxygen atoms in total. The molecule has 0 radical (unpaired) electrons. The van der Waals surface area contributed by atoms with Crippen LogP contribution in [0.15, 0.2) is 60.7 Å². The van der Waals surface area contributed by atoms with Crippen LogP contribution in [0.5, 0.6) is 5.75 Å². The Morgan fingerprint density at radius 1 is 0.882 bits per heavy atom. The summed E-state index contributed by atoms with van der Waals surface area (Å²) in [6.07, 6.45) is 0. The van der Waals surface area contributed by atoms with Crippen LogP contribution in [0.25, 0.3) is 0 Å². The maximum absolute atomic E-state index is 11.8. The maximum Gasteiger partial charge on any atom is 2.00 e. The molecule has 0 N–H and O–H groups in total. The average Bonchev–Trinajstić information content (AvgIpc) is 2.31. The fraction of sp³-hybridized carbons (Fsp3) is 0. The van der Waals surface area contributed by atoms with Gasteiger partial charge < -0.3 is 9.42 Å². The van der Waals surface area contributed by atoms with Crippen LogP contribution < -0.4 is 14.7 Å². The van der Waals surface area contributed by atoms with E-state index in [1.165, 1.54) is 12.1 Å². The number of hydrogen-bond acceptors (Lipinski definition) is 3. The van der Waals surface area contributed by atoms with Crippen LogP contribution in [-0.2, 0) is 21.1 Å². The summed E-state index contributed by atoms with van der Waals surface area (Å²) in [5.74, 6) is 0.324. The first-order chi connectivity index (χ1) is 7.68. The van der Waals surface area contributed by atoms with E-state index in [9.17, 15) is 9.46 Å². The van der Waals surface area contributed by atoms with E-state index in [2.05, 4.69) is 0 Å². The summed E-state index contributed by atoms with van der Waals surface area (Å²) >= 11 is 0. The van der Waals surface area contributed by atoms with Crippen molar-refractivity contribution in [3.05, 3.63) is 60.7 Å². The summed E-state index contributed by atoms with van der Waals surface area (Å²) in [7, 11) is -4.02. The third-order valence-electron chi connectivity index (χ3n) is 2.04. The monoisotopic (exact) mass is 291 g/mol. The van der Waals surface area contributed by atoms with Gasteiger partial charge >= 0.3 is 16.5 Å². The van der Waals surface area contributed by atoms with E-state index in [1.54, 1.807) is 48.5 Å². The Morgan fingerprint density at radius 2 is 1.35 bits per heavy atom. The normalized spacial score (nSPS) is 13.2. The summed E-state index contributed by atoms with van der Waals surface area (Å²) in [5.41, 5.74) is 0. The van der Waals surface area contributed by atoms with Crippen LogP contribution >= 0.6 is 7.60 Å². The third-order valence-corrected chi connectivity index (χ3v) is 3.42. The van der Waals surface area contributed by atoms with Crippen LogP contribution in [0.2, 0.25) is 0 Å². The van der Waals surface area contributed by atoms with E-state index in [4.69, 9.17) is 4.52 Å². The standard InChI is InChI=1S/C12H11O3P.Ni/c13-16(14,12-9-5-2-6-10-12)15-11-7-3-1-4-8-11;/h1-10H,(H,13,14);/q;+2/p-1. The van der Waals surface area contributed by atoms with Crippen molar-refractivity contribution >= 4 is 12.9 Å². The van der Waals surface area contributed by atoms with Crippen molar-refractivity contribution in [3.63, 3.8) is 0 Å². The molecule has 0 saturated carbocycles. The number of hydrogen-bond donors (Lipinski definition) is 0. The van der Waals surface area contributed by atoms with Crippen molar-refractivity contribution in [3.8, 4) is 5.75 Å².